The lowest BCUT2D eigenvalue weighted by Gasteiger charge is -2.31. The fraction of sp³-hybridized carbons (Fsp3) is 0.300. The molecule has 3 heterocycles. The highest BCUT2D eigenvalue weighted by Crippen LogP contribution is 2.44. The number of rotatable bonds is 5. The topological polar surface area (TPSA) is 55.7 Å². The molecule has 37 heavy (non-hydrogen) atoms. The Morgan fingerprint density at radius 3 is 2.78 bits per heavy atom. The van der Waals surface area contributed by atoms with Gasteiger partial charge in [0.25, 0.3) is 0 Å². The van der Waals surface area contributed by atoms with Gasteiger partial charge in [0.05, 0.1) is 37.7 Å². The Balaban J connectivity index is 1.49. The van der Waals surface area contributed by atoms with Gasteiger partial charge in [0.1, 0.15) is 16.5 Å². The smallest absolute Gasteiger partial charge is 0.323 e. The molecule has 190 valence electrons. The molecule has 0 fully saturated rings. The fourth-order valence-electron chi connectivity index (χ4n) is 5.59. The highest BCUT2D eigenvalue weighted by molar-refractivity contribution is 7.15. The molecule has 6 rings (SSSR count). The second-order valence-electron chi connectivity index (χ2n) is 9.46. The van der Waals surface area contributed by atoms with Crippen LogP contribution in [0.15, 0.2) is 66.9 Å². The van der Waals surface area contributed by atoms with Crippen molar-refractivity contribution >= 4 is 23.1 Å². The molecule has 2 aromatic heterocycles. The zero-order chi connectivity index (χ0) is 25.4. The van der Waals surface area contributed by atoms with E-state index in [1.54, 1.807) is 7.11 Å². The van der Waals surface area contributed by atoms with Crippen LogP contribution in [0.5, 0.6) is 11.5 Å². The number of thiophene rings is 1. The van der Waals surface area contributed by atoms with Gasteiger partial charge in [-0.2, -0.15) is 0 Å². The van der Waals surface area contributed by atoms with E-state index in [0.29, 0.717) is 24.6 Å². The summed E-state index contributed by atoms with van der Waals surface area (Å²) in [6, 6.07) is 19.4. The summed E-state index contributed by atoms with van der Waals surface area (Å²) in [5.41, 5.74) is 5.46. The van der Waals surface area contributed by atoms with Crippen molar-refractivity contribution < 1.29 is 14.3 Å². The molecule has 1 N–H and O–H groups in total. The molecule has 1 aliphatic carbocycles. The highest BCUT2D eigenvalue weighted by atomic mass is 32.1. The molecule has 0 saturated heterocycles. The van der Waals surface area contributed by atoms with Gasteiger partial charge in [0.15, 0.2) is 0 Å². The molecular weight excluding hydrogens is 482 g/mol. The van der Waals surface area contributed by atoms with Crippen molar-refractivity contribution in [1.82, 2.24) is 9.47 Å². The number of nitrogens with one attached hydrogen (secondary N) is 1. The molecule has 0 saturated carbocycles. The van der Waals surface area contributed by atoms with Crippen LogP contribution in [0.2, 0.25) is 0 Å². The van der Waals surface area contributed by atoms with E-state index in [9.17, 15) is 4.79 Å². The van der Waals surface area contributed by atoms with Gasteiger partial charge in [-0.3, -0.25) is 0 Å². The lowest BCUT2D eigenvalue weighted by atomic mass is 9.95. The Hall–Kier alpha value is -3.71. The van der Waals surface area contributed by atoms with Crippen LogP contribution in [0.25, 0.3) is 5.00 Å². The molecule has 0 radical (unpaired) electrons. The number of aromatic nitrogens is 1. The summed E-state index contributed by atoms with van der Waals surface area (Å²) in [6.45, 7) is 3.01. The van der Waals surface area contributed by atoms with Crippen molar-refractivity contribution in [2.45, 2.75) is 45.2 Å². The largest absolute Gasteiger partial charge is 0.497 e. The number of para-hydroxylation sites is 2. The van der Waals surface area contributed by atoms with Crippen LogP contribution in [0.3, 0.4) is 0 Å². The Bertz CT molecular complexity index is 1440. The molecule has 2 amide bonds. The summed E-state index contributed by atoms with van der Waals surface area (Å²) in [6.07, 6.45) is 6.76. The van der Waals surface area contributed by atoms with Gasteiger partial charge in [0.2, 0.25) is 0 Å². The van der Waals surface area contributed by atoms with Crippen molar-refractivity contribution in [1.29, 1.82) is 0 Å². The molecule has 1 aliphatic heterocycles. The van der Waals surface area contributed by atoms with E-state index in [1.165, 1.54) is 33.8 Å². The number of amides is 2. The normalized spacial score (nSPS) is 16.3. The maximum absolute atomic E-state index is 14.2. The lowest BCUT2D eigenvalue weighted by molar-refractivity contribution is 0.194. The van der Waals surface area contributed by atoms with E-state index >= 15 is 0 Å². The number of methoxy groups -OCH3 is 1. The van der Waals surface area contributed by atoms with E-state index in [1.807, 2.05) is 65.6 Å². The minimum Gasteiger partial charge on any atom is -0.497 e. The van der Waals surface area contributed by atoms with Crippen LogP contribution in [-0.4, -0.2) is 29.2 Å². The van der Waals surface area contributed by atoms with Crippen molar-refractivity contribution in [2.24, 2.45) is 0 Å². The molecule has 0 spiro atoms. The Labute approximate surface area is 221 Å². The van der Waals surface area contributed by atoms with Crippen LogP contribution >= 0.6 is 11.3 Å². The van der Waals surface area contributed by atoms with E-state index in [4.69, 9.17) is 9.47 Å². The number of ether oxygens (including phenoxy) is 2. The van der Waals surface area contributed by atoms with Gasteiger partial charge >= 0.3 is 6.03 Å². The SMILES string of the molecule is CCOc1ccccc1NC(=O)N1Cc2c(sc3c2CCCC3)-n2cccc2C1c1cccc(OC)c1. The first-order chi connectivity index (χ1) is 18.2. The molecule has 2 aliphatic rings. The predicted molar refractivity (Wildman–Crippen MR) is 147 cm³/mol. The summed E-state index contributed by atoms with van der Waals surface area (Å²) in [7, 11) is 1.67. The first-order valence-corrected chi connectivity index (χ1v) is 13.7. The molecule has 1 atom stereocenters. The molecular formula is C30H31N3O3S. The quantitative estimate of drug-likeness (QED) is 0.314. The Morgan fingerprint density at radius 1 is 1.05 bits per heavy atom. The minimum absolute atomic E-state index is 0.156. The van der Waals surface area contributed by atoms with Crippen LogP contribution in [-0.2, 0) is 19.4 Å². The molecule has 0 bridgehead atoms. The molecule has 4 aromatic rings. The fourth-order valence-corrected chi connectivity index (χ4v) is 6.99. The van der Waals surface area contributed by atoms with Gasteiger partial charge in [-0.05, 0) is 80.1 Å². The lowest BCUT2D eigenvalue weighted by Crippen LogP contribution is -2.38. The van der Waals surface area contributed by atoms with E-state index in [2.05, 4.69) is 34.3 Å². The average Bonchev–Trinajstić information content (AvgIpc) is 3.52. The summed E-state index contributed by atoms with van der Waals surface area (Å²) in [4.78, 5) is 17.6. The zero-order valence-corrected chi connectivity index (χ0v) is 22.0. The second kappa shape index (κ2) is 9.98. The molecule has 7 heteroatoms. The van der Waals surface area contributed by atoms with Gasteiger partial charge in [-0.25, -0.2) is 4.79 Å². The summed E-state index contributed by atoms with van der Waals surface area (Å²) in [5, 5.41) is 4.41. The third kappa shape index (κ3) is 4.27. The summed E-state index contributed by atoms with van der Waals surface area (Å²) < 4.78 is 13.7. The van der Waals surface area contributed by atoms with Gasteiger partial charge < -0.3 is 24.3 Å². The number of nitrogens with zero attached hydrogens (tertiary/aromatic N) is 2. The van der Waals surface area contributed by atoms with E-state index in [-0.39, 0.29) is 12.1 Å². The maximum atomic E-state index is 14.2. The molecule has 1 unspecified atom stereocenters. The van der Waals surface area contributed by atoms with Crippen LogP contribution in [0, 0.1) is 0 Å². The van der Waals surface area contributed by atoms with Crippen molar-refractivity contribution in [3.8, 4) is 16.5 Å². The number of aryl methyl sites for hydroxylation is 1. The maximum Gasteiger partial charge on any atom is 0.323 e. The number of fused-ring (bicyclic) bond motifs is 5. The first-order valence-electron chi connectivity index (χ1n) is 12.9. The minimum atomic E-state index is -0.289. The Morgan fingerprint density at radius 2 is 1.92 bits per heavy atom. The third-order valence-corrected chi connectivity index (χ3v) is 8.61. The number of urea groups is 1. The first kappa shape index (κ1) is 23.7. The number of hydrogen-bond donors (Lipinski definition) is 1. The number of carbonyl (C=O) groups is 1. The zero-order valence-electron chi connectivity index (χ0n) is 21.2. The van der Waals surface area contributed by atoms with Crippen LogP contribution < -0.4 is 14.8 Å². The molecule has 2 aromatic carbocycles. The van der Waals surface area contributed by atoms with Crippen molar-refractivity contribution in [2.75, 3.05) is 19.0 Å². The number of hydrogen-bond acceptors (Lipinski definition) is 4. The third-order valence-electron chi connectivity index (χ3n) is 7.28. The number of anilines is 1. The second-order valence-corrected chi connectivity index (χ2v) is 10.5. The average molecular weight is 514 g/mol. The standard InChI is InChI=1S/C30H31N3O3S/c1-3-36-26-15-6-5-13-24(26)31-30(34)33-19-23-22-12-4-7-16-27(22)37-29(23)32-17-9-14-25(32)28(33)20-10-8-11-21(18-20)35-2/h5-6,8-11,13-15,17-18,28H,3-4,7,12,16,19H2,1-2H3,(H,31,34). The predicted octanol–water partition coefficient (Wildman–Crippen LogP) is 6.96. The van der Waals surface area contributed by atoms with E-state index in [0.717, 1.165) is 29.8 Å². The van der Waals surface area contributed by atoms with Crippen LogP contribution in [0.1, 0.15) is 53.1 Å². The number of benzene rings is 2. The summed E-state index contributed by atoms with van der Waals surface area (Å²) in [5.74, 6) is 1.44. The van der Waals surface area contributed by atoms with Crippen LogP contribution in [0.4, 0.5) is 10.5 Å². The van der Waals surface area contributed by atoms with Gasteiger partial charge in [-0.1, -0.05) is 24.3 Å². The Kier molecular flexibility index (Phi) is 6.38. The van der Waals surface area contributed by atoms with Crippen molar-refractivity contribution in [3.63, 3.8) is 0 Å². The van der Waals surface area contributed by atoms with E-state index < -0.39 is 0 Å². The highest BCUT2D eigenvalue weighted by Gasteiger charge is 2.36. The molecule has 6 nitrogen and oxygen atoms in total. The van der Waals surface area contributed by atoms with Crippen molar-refractivity contribution in [3.05, 3.63) is 94.1 Å². The summed E-state index contributed by atoms with van der Waals surface area (Å²) >= 11 is 1.89. The number of carbonyl (C=O) groups excluding carboxylic acids is 1. The monoisotopic (exact) mass is 513 g/mol. The van der Waals surface area contributed by atoms with Gasteiger partial charge in [-0.15, -0.1) is 11.3 Å². The van der Waals surface area contributed by atoms with Gasteiger partial charge in [0, 0.05) is 16.6 Å².